The summed E-state index contributed by atoms with van der Waals surface area (Å²) in [4.78, 5) is 0. The first kappa shape index (κ1) is 16.2. The fraction of sp³-hybridized carbons (Fsp3) is 0.200. The summed E-state index contributed by atoms with van der Waals surface area (Å²) in [5.41, 5.74) is 6.04. The molecule has 0 aromatic heterocycles. The Balaban J connectivity index is 2.44. The molecule has 6 heteroatoms. The molecular formula is C15H13Cl2F2NO. The predicted molar refractivity (Wildman–Crippen MR) is 79.6 cm³/mol. The predicted octanol–water partition coefficient (Wildman–Crippen LogP) is 4.05. The Morgan fingerprint density at radius 3 is 2.29 bits per heavy atom. The molecule has 2 rings (SSSR count). The van der Waals surface area contributed by atoms with Crippen molar-refractivity contribution in [3.8, 4) is 0 Å². The number of hydrogen-bond donors (Lipinski definition) is 2. The van der Waals surface area contributed by atoms with Crippen LogP contribution in [0.5, 0.6) is 0 Å². The van der Waals surface area contributed by atoms with Crippen molar-refractivity contribution < 1.29 is 13.9 Å². The highest BCUT2D eigenvalue weighted by atomic mass is 35.5. The number of hydrogen-bond acceptors (Lipinski definition) is 2. The fourth-order valence-corrected chi connectivity index (χ4v) is 2.61. The fourth-order valence-electron chi connectivity index (χ4n) is 2.18. The Labute approximate surface area is 131 Å². The molecule has 2 aromatic carbocycles. The topological polar surface area (TPSA) is 46.2 Å². The summed E-state index contributed by atoms with van der Waals surface area (Å²) >= 11 is 11.6. The first-order valence-corrected chi connectivity index (χ1v) is 6.98. The Hall–Kier alpha value is -1.20. The van der Waals surface area contributed by atoms with Crippen molar-refractivity contribution in [1.82, 2.24) is 0 Å². The number of benzene rings is 2. The smallest absolute Gasteiger partial charge is 0.142 e. The minimum Gasteiger partial charge on any atom is -0.388 e. The molecule has 0 heterocycles. The maximum atomic E-state index is 13.9. The van der Waals surface area contributed by atoms with Crippen LogP contribution in [-0.4, -0.2) is 11.7 Å². The molecule has 2 unspecified atom stereocenters. The van der Waals surface area contributed by atoms with E-state index in [9.17, 15) is 13.9 Å². The lowest BCUT2D eigenvalue weighted by molar-refractivity contribution is 0.142. The highest BCUT2D eigenvalue weighted by molar-refractivity contribution is 6.31. The molecule has 0 saturated heterocycles. The van der Waals surface area contributed by atoms with Crippen LogP contribution in [0.1, 0.15) is 23.1 Å². The van der Waals surface area contributed by atoms with Crippen molar-refractivity contribution in [2.45, 2.75) is 12.0 Å². The van der Waals surface area contributed by atoms with Crippen LogP contribution in [0.15, 0.2) is 36.4 Å². The van der Waals surface area contributed by atoms with Crippen molar-refractivity contribution >= 4 is 23.2 Å². The Morgan fingerprint density at radius 1 is 1.00 bits per heavy atom. The summed E-state index contributed by atoms with van der Waals surface area (Å²) < 4.78 is 27.4. The lowest BCUT2D eigenvalue weighted by Gasteiger charge is -2.23. The minimum absolute atomic E-state index is 0.0224. The van der Waals surface area contributed by atoms with Gasteiger partial charge in [0.05, 0.1) is 11.1 Å². The molecule has 3 N–H and O–H groups in total. The summed E-state index contributed by atoms with van der Waals surface area (Å²) in [5, 5.41) is 10.4. The maximum Gasteiger partial charge on any atom is 0.142 e. The summed E-state index contributed by atoms with van der Waals surface area (Å²) in [5.74, 6) is -2.25. The van der Waals surface area contributed by atoms with Gasteiger partial charge in [-0.05, 0) is 23.8 Å². The monoisotopic (exact) mass is 331 g/mol. The largest absolute Gasteiger partial charge is 0.388 e. The highest BCUT2D eigenvalue weighted by Crippen LogP contribution is 2.36. The number of nitrogens with two attached hydrogens (primary N) is 1. The second-order valence-corrected chi connectivity index (χ2v) is 5.41. The van der Waals surface area contributed by atoms with E-state index in [1.54, 1.807) is 24.3 Å². The molecule has 0 bridgehead atoms. The lowest BCUT2D eigenvalue weighted by Crippen LogP contribution is -2.21. The van der Waals surface area contributed by atoms with Gasteiger partial charge in [0, 0.05) is 23.0 Å². The van der Waals surface area contributed by atoms with Crippen LogP contribution in [0, 0.1) is 11.6 Å². The zero-order valence-corrected chi connectivity index (χ0v) is 12.4. The van der Waals surface area contributed by atoms with Gasteiger partial charge in [-0.2, -0.15) is 0 Å². The maximum absolute atomic E-state index is 13.9. The van der Waals surface area contributed by atoms with Crippen LogP contribution in [0.3, 0.4) is 0 Å². The minimum atomic E-state index is -1.33. The van der Waals surface area contributed by atoms with E-state index >= 15 is 0 Å². The van der Waals surface area contributed by atoms with Gasteiger partial charge >= 0.3 is 0 Å². The van der Waals surface area contributed by atoms with Gasteiger partial charge in [-0.3, -0.25) is 0 Å². The third kappa shape index (κ3) is 3.35. The first-order chi connectivity index (χ1) is 9.95. The van der Waals surface area contributed by atoms with Crippen LogP contribution in [0.2, 0.25) is 10.0 Å². The van der Waals surface area contributed by atoms with Crippen molar-refractivity contribution in [1.29, 1.82) is 0 Å². The number of halogens is 4. The molecule has 0 aliphatic heterocycles. The van der Waals surface area contributed by atoms with Gasteiger partial charge in [0.25, 0.3) is 0 Å². The SMILES string of the molecule is NCC(c1ccccc1Cl)C(O)c1cc(F)c(Cl)cc1F. The third-order valence-electron chi connectivity index (χ3n) is 3.30. The summed E-state index contributed by atoms with van der Waals surface area (Å²) in [6, 6.07) is 8.50. The molecular weight excluding hydrogens is 319 g/mol. The van der Waals surface area contributed by atoms with Crippen LogP contribution in [0.4, 0.5) is 8.78 Å². The van der Waals surface area contributed by atoms with Crippen molar-refractivity contribution in [3.05, 3.63) is 69.2 Å². The molecule has 2 nitrogen and oxygen atoms in total. The van der Waals surface area contributed by atoms with Gasteiger partial charge in [0.1, 0.15) is 11.6 Å². The van der Waals surface area contributed by atoms with E-state index in [1.165, 1.54) is 0 Å². The molecule has 21 heavy (non-hydrogen) atoms. The van der Waals surface area contributed by atoms with Crippen molar-refractivity contribution in [3.63, 3.8) is 0 Å². The second kappa shape index (κ2) is 6.71. The average molecular weight is 332 g/mol. The average Bonchev–Trinajstić information content (AvgIpc) is 2.45. The van der Waals surface area contributed by atoms with Gasteiger partial charge < -0.3 is 10.8 Å². The van der Waals surface area contributed by atoms with Gasteiger partial charge in [0.2, 0.25) is 0 Å². The van der Waals surface area contributed by atoms with E-state index in [-0.39, 0.29) is 17.1 Å². The van der Waals surface area contributed by atoms with Crippen molar-refractivity contribution in [2.75, 3.05) is 6.54 Å². The number of aliphatic hydroxyl groups is 1. The molecule has 2 aromatic rings. The standard InChI is InChI=1S/C15H13Cl2F2NO/c16-11-4-2-1-3-8(11)10(7-20)15(21)9-5-14(19)12(17)6-13(9)18/h1-6,10,15,21H,7,20H2. The molecule has 0 fully saturated rings. The number of aliphatic hydroxyl groups excluding tert-OH is 1. The normalized spacial score (nSPS) is 14.0. The molecule has 0 saturated carbocycles. The lowest BCUT2D eigenvalue weighted by atomic mass is 9.89. The van der Waals surface area contributed by atoms with E-state index in [4.69, 9.17) is 28.9 Å². The van der Waals surface area contributed by atoms with Crippen molar-refractivity contribution in [2.24, 2.45) is 5.73 Å². The summed E-state index contributed by atoms with van der Waals surface area (Å²) in [7, 11) is 0. The van der Waals surface area contributed by atoms with E-state index in [2.05, 4.69) is 0 Å². The van der Waals surface area contributed by atoms with Crippen LogP contribution < -0.4 is 5.73 Å². The molecule has 0 aliphatic rings. The number of rotatable bonds is 4. The first-order valence-electron chi connectivity index (χ1n) is 6.22. The van der Waals surface area contributed by atoms with Gasteiger partial charge in [-0.1, -0.05) is 41.4 Å². The third-order valence-corrected chi connectivity index (χ3v) is 3.93. The van der Waals surface area contributed by atoms with E-state index < -0.39 is 23.7 Å². The Kier molecular flexibility index (Phi) is 5.17. The van der Waals surface area contributed by atoms with Gasteiger partial charge in [-0.15, -0.1) is 0 Å². The van der Waals surface area contributed by atoms with Gasteiger partial charge in [0.15, 0.2) is 0 Å². The summed E-state index contributed by atoms with van der Waals surface area (Å²) in [6.07, 6.45) is -1.33. The molecule has 0 spiro atoms. The van der Waals surface area contributed by atoms with Crippen LogP contribution in [0.25, 0.3) is 0 Å². The van der Waals surface area contributed by atoms with Crippen LogP contribution >= 0.6 is 23.2 Å². The summed E-state index contributed by atoms with van der Waals surface area (Å²) in [6.45, 7) is 0.0224. The molecule has 0 radical (unpaired) electrons. The van der Waals surface area contributed by atoms with E-state index in [0.717, 1.165) is 12.1 Å². The Bertz CT molecular complexity index is 652. The molecule has 0 amide bonds. The molecule has 2 atom stereocenters. The Morgan fingerprint density at radius 2 is 1.67 bits per heavy atom. The zero-order chi connectivity index (χ0) is 15.6. The zero-order valence-electron chi connectivity index (χ0n) is 10.9. The van der Waals surface area contributed by atoms with E-state index in [1.807, 2.05) is 0 Å². The second-order valence-electron chi connectivity index (χ2n) is 4.60. The highest BCUT2D eigenvalue weighted by Gasteiger charge is 2.26. The van der Waals surface area contributed by atoms with Crippen LogP contribution in [-0.2, 0) is 0 Å². The molecule has 0 aliphatic carbocycles. The molecule has 112 valence electrons. The quantitative estimate of drug-likeness (QED) is 0.830. The van der Waals surface area contributed by atoms with E-state index in [0.29, 0.717) is 10.6 Å². The van der Waals surface area contributed by atoms with Gasteiger partial charge in [-0.25, -0.2) is 8.78 Å².